The number of nitriles is 1. The third kappa shape index (κ3) is 5.12. The van der Waals surface area contributed by atoms with E-state index >= 15 is 0 Å². The second-order valence-corrected chi connectivity index (χ2v) is 8.24. The van der Waals surface area contributed by atoms with E-state index in [2.05, 4.69) is 28.4 Å². The van der Waals surface area contributed by atoms with E-state index in [0.717, 1.165) is 42.1 Å². The lowest BCUT2D eigenvalue weighted by atomic mass is 9.96. The molecule has 0 aliphatic heterocycles. The first-order valence-corrected chi connectivity index (χ1v) is 10.7. The smallest absolute Gasteiger partial charge is 0.226 e. The summed E-state index contributed by atoms with van der Waals surface area (Å²) in [4.78, 5) is 15.8. The summed E-state index contributed by atoms with van der Waals surface area (Å²) in [6, 6.07) is 10.3. The summed E-state index contributed by atoms with van der Waals surface area (Å²) < 4.78 is 5.46. The zero-order valence-electron chi connectivity index (χ0n) is 16.6. The molecular formula is C22H27N3O2S. The molecule has 0 saturated heterocycles. The molecule has 1 aromatic heterocycles. The van der Waals surface area contributed by atoms with Crippen molar-refractivity contribution >= 4 is 22.2 Å². The van der Waals surface area contributed by atoms with E-state index in [9.17, 15) is 10.1 Å². The van der Waals surface area contributed by atoms with Gasteiger partial charge in [0.15, 0.2) is 0 Å². The summed E-state index contributed by atoms with van der Waals surface area (Å²) >= 11 is 1.58. The Morgan fingerprint density at radius 1 is 1.29 bits per heavy atom. The van der Waals surface area contributed by atoms with E-state index in [0.29, 0.717) is 25.1 Å². The predicted molar refractivity (Wildman–Crippen MR) is 113 cm³/mol. The van der Waals surface area contributed by atoms with Gasteiger partial charge >= 0.3 is 0 Å². The second-order valence-electron chi connectivity index (χ2n) is 7.14. The molecule has 1 aromatic carbocycles. The number of benzene rings is 1. The summed E-state index contributed by atoms with van der Waals surface area (Å²) in [5, 5.41) is 13.2. The first-order valence-electron chi connectivity index (χ1n) is 9.85. The lowest BCUT2D eigenvalue weighted by molar-refractivity contribution is -0.116. The van der Waals surface area contributed by atoms with E-state index in [1.54, 1.807) is 11.3 Å². The van der Waals surface area contributed by atoms with Crippen LogP contribution in [0.1, 0.15) is 47.8 Å². The van der Waals surface area contributed by atoms with Crippen molar-refractivity contribution < 1.29 is 9.53 Å². The zero-order chi connectivity index (χ0) is 19.9. The third-order valence-corrected chi connectivity index (χ3v) is 6.15. The quantitative estimate of drug-likeness (QED) is 0.719. The number of hydrogen-bond acceptors (Lipinski definition) is 5. The fourth-order valence-electron chi connectivity index (χ4n) is 3.50. The van der Waals surface area contributed by atoms with Gasteiger partial charge in [0.05, 0.1) is 12.2 Å². The van der Waals surface area contributed by atoms with Crippen molar-refractivity contribution in [2.45, 2.75) is 45.6 Å². The van der Waals surface area contributed by atoms with E-state index in [1.807, 2.05) is 26.1 Å². The summed E-state index contributed by atoms with van der Waals surface area (Å²) in [6.45, 7) is 4.06. The SMILES string of the molecule is CCOc1ccc(CN(C)CCC(=O)Nc2sc3c(c2C#N)CCCC3)cc1. The standard InChI is InChI=1S/C22H27N3O2S/c1-3-27-17-10-8-16(9-11-17)15-25(2)13-12-21(26)24-22-19(14-23)18-6-4-5-7-20(18)28-22/h8-11H,3-7,12-13,15H2,1-2H3,(H,24,26). The Kier molecular flexibility index (Phi) is 7.07. The van der Waals surface area contributed by atoms with Gasteiger partial charge < -0.3 is 15.0 Å². The van der Waals surface area contributed by atoms with Crippen LogP contribution in [0.15, 0.2) is 24.3 Å². The summed E-state index contributed by atoms with van der Waals surface area (Å²) in [6.07, 6.45) is 4.68. The first-order chi connectivity index (χ1) is 13.6. The second kappa shape index (κ2) is 9.72. The van der Waals surface area contributed by atoms with Gasteiger partial charge in [-0.05, 0) is 62.9 Å². The molecule has 1 heterocycles. The Bertz CT molecular complexity index is 852. The molecule has 0 fully saturated rings. The van der Waals surface area contributed by atoms with Gasteiger partial charge in [-0.25, -0.2) is 0 Å². The molecule has 0 atom stereocenters. The third-order valence-electron chi connectivity index (χ3n) is 4.94. The van der Waals surface area contributed by atoms with Crippen LogP contribution in [0.4, 0.5) is 5.00 Å². The van der Waals surface area contributed by atoms with E-state index in [-0.39, 0.29) is 5.91 Å². The van der Waals surface area contributed by atoms with Crippen LogP contribution < -0.4 is 10.1 Å². The molecule has 148 valence electrons. The van der Waals surface area contributed by atoms with Gasteiger partial charge in [0.1, 0.15) is 16.8 Å². The number of nitrogens with zero attached hydrogens (tertiary/aromatic N) is 2. The number of fused-ring (bicyclic) bond motifs is 1. The van der Waals surface area contributed by atoms with Crippen LogP contribution in [0.25, 0.3) is 0 Å². The van der Waals surface area contributed by atoms with Crippen molar-refractivity contribution in [3.05, 3.63) is 45.8 Å². The Balaban J connectivity index is 1.50. The highest BCUT2D eigenvalue weighted by molar-refractivity contribution is 7.16. The molecular weight excluding hydrogens is 370 g/mol. The molecule has 28 heavy (non-hydrogen) atoms. The van der Waals surface area contributed by atoms with Gasteiger partial charge in [0, 0.05) is 24.4 Å². The molecule has 1 amide bonds. The first kappa shape index (κ1) is 20.4. The molecule has 0 saturated carbocycles. The summed E-state index contributed by atoms with van der Waals surface area (Å²) in [5.41, 5.74) is 3.02. The average Bonchev–Trinajstić information content (AvgIpc) is 3.05. The highest BCUT2D eigenvalue weighted by Crippen LogP contribution is 2.37. The maximum absolute atomic E-state index is 12.4. The van der Waals surface area contributed by atoms with Gasteiger partial charge in [-0.1, -0.05) is 12.1 Å². The highest BCUT2D eigenvalue weighted by atomic mass is 32.1. The monoisotopic (exact) mass is 397 g/mol. The van der Waals surface area contributed by atoms with Crippen LogP contribution in [0, 0.1) is 11.3 Å². The Labute approximate surface area is 170 Å². The molecule has 6 heteroatoms. The van der Waals surface area contributed by atoms with Crippen LogP contribution in [0.3, 0.4) is 0 Å². The van der Waals surface area contributed by atoms with Gasteiger partial charge in [-0.2, -0.15) is 5.26 Å². The van der Waals surface area contributed by atoms with Crippen molar-refractivity contribution in [3.8, 4) is 11.8 Å². The highest BCUT2D eigenvalue weighted by Gasteiger charge is 2.21. The molecule has 1 aliphatic rings. The molecule has 1 aliphatic carbocycles. The number of aryl methyl sites for hydroxylation is 1. The van der Waals surface area contributed by atoms with Crippen molar-refractivity contribution in [2.24, 2.45) is 0 Å². The zero-order valence-corrected chi connectivity index (χ0v) is 17.4. The van der Waals surface area contributed by atoms with Gasteiger partial charge in [-0.3, -0.25) is 4.79 Å². The number of amides is 1. The Hall–Kier alpha value is -2.36. The molecule has 3 rings (SSSR count). The molecule has 0 radical (unpaired) electrons. The molecule has 5 nitrogen and oxygen atoms in total. The van der Waals surface area contributed by atoms with Gasteiger partial charge in [0.25, 0.3) is 0 Å². The fraction of sp³-hybridized carbons (Fsp3) is 0.455. The maximum atomic E-state index is 12.4. The summed E-state index contributed by atoms with van der Waals surface area (Å²) in [7, 11) is 2.01. The van der Waals surface area contributed by atoms with Crippen molar-refractivity contribution in [2.75, 3.05) is 25.5 Å². The van der Waals surface area contributed by atoms with Gasteiger partial charge in [0.2, 0.25) is 5.91 Å². The van der Waals surface area contributed by atoms with E-state index in [1.165, 1.54) is 16.9 Å². The predicted octanol–water partition coefficient (Wildman–Crippen LogP) is 4.36. The minimum Gasteiger partial charge on any atom is -0.494 e. The Morgan fingerprint density at radius 2 is 2.04 bits per heavy atom. The van der Waals surface area contributed by atoms with Crippen LogP contribution in [-0.4, -0.2) is 31.0 Å². The molecule has 0 spiro atoms. The minimum absolute atomic E-state index is 0.0337. The summed E-state index contributed by atoms with van der Waals surface area (Å²) in [5.74, 6) is 0.842. The van der Waals surface area contributed by atoms with E-state index < -0.39 is 0 Å². The van der Waals surface area contributed by atoms with Crippen molar-refractivity contribution in [1.82, 2.24) is 4.90 Å². The van der Waals surface area contributed by atoms with Gasteiger partial charge in [-0.15, -0.1) is 11.3 Å². The maximum Gasteiger partial charge on any atom is 0.226 e. The van der Waals surface area contributed by atoms with Crippen LogP contribution in [0.2, 0.25) is 0 Å². The number of hydrogen-bond donors (Lipinski definition) is 1. The number of anilines is 1. The van der Waals surface area contributed by atoms with Crippen LogP contribution in [-0.2, 0) is 24.2 Å². The lowest BCUT2D eigenvalue weighted by Gasteiger charge is -2.16. The minimum atomic E-state index is -0.0337. The van der Waals surface area contributed by atoms with Crippen molar-refractivity contribution in [1.29, 1.82) is 5.26 Å². The number of rotatable bonds is 8. The normalized spacial score (nSPS) is 13.1. The molecule has 1 N–H and O–H groups in total. The number of carbonyl (C=O) groups is 1. The number of nitrogens with one attached hydrogen (secondary N) is 1. The number of carbonyl (C=O) groups excluding carboxylic acids is 1. The van der Waals surface area contributed by atoms with Crippen LogP contribution >= 0.6 is 11.3 Å². The molecule has 2 aromatic rings. The number of thiophene rings is 1. The average molecular weight is 398 g/mol. The lowest BCUT2D eigenvalue weighted by Crippen LogP contribution is -2.24. The molecule has 0 unspecified atom stereocenters. The largest absolute Gasteiger partial charge is 0.494 e. The fourth-order valence-corrected chi connectivity index (χ4v) is 4.76. The van der Waals surface area contributed by atoms with Crippen LogP contribution in [0.5, 0.6) is 5.75 Å². The van der Waals surface area contributed by atoms with E-state index in [4.69, 9.17) is 4.74 Å². The molecule has 0 bridgehead atoms. The Morgan fingerprint density at radius 3 is 2.75 bits per heavy atom. The number of ether oxygens (including phenoxy) is 1. The topological polar surface area (TPSA) is 65.4 Å². The van der Waals surface area contributed by atoms with Crippen molar-refractivity contribution in [3.63, 3.8) is 0 Å².